The zero-order valence-corrected chi connectivity index (χ0v) is 7.39. The molecule has 0 aliphatic heterocycles. The molecule has 2 N–H and O–H groups in total. The van der Waals surface area contributed by atoms with E-state index >= 15 is 0 Å². The van der Waals surface area contributed by atoms with Crippen LogP contribution >= 0.6 is 0 Å². The molecule has 0 atom stereocenters. The van der Waals surface area contributed by atoms with E-state index in [1.807, 2.05) is 20.8 Å². The molecule has 0 aliphatic rings. The monoisotopic (exact) mass is 147 g/mol. The minimum Gasteiger partial charge on any atom is -0.301 e. The predicted octanol–water partition coefficient (Wildman–Crippen LogP) is 1.43. The molecule has 0 fully saturated rings. The lowest BCUT2D eigenvalue weighted by Crippen LogP contribution is -2.38. The Morgan fingerprint density at radius 2 is 1.30 bits per heavy atom. The van der Waals surface area contributed by atoms with Crippen molar-refractivity contribution in [2.24, 2.45) is 5.73 Å². The highest BCUT2D eigenvalue weighted by molar-refractivity contribution is 4.57. The van der Waals surface area contributed by atoms with Crippen LogP contribution in [0.3, 0.4) is 0 Å². The Kier molecular flexibility index (Phi) is 2.83. The molecule has 0 saturated carbocycles. The maximum Gasteiger partial charge on any atom is 0.146 e. The van der Waals surface area contributed by atoms with Gasteiger partial charge in [-0.2, -0.15) is 0 Å². The Morgan fingerprint density at radius 1 is 0.900 bits per heavy atom. The van der Waals surface area contributed by atoms with Crippen molar-refractivity contribution >= 4 is 0 Å². The molecule has 0 unspecified atom stereocenters. The molecule has 0 radical (unpaired) electrons. The van der Waals surface area contributed by atoms with Crippen molar-refractivity contribution in [2.75, 3.05) is 0 Å². The van der Waals surface area contributed by atoms with Crippen molar-refractivity contribution in [3.8, 4) is 0 Å². The molecule has 0 saturated heterocycles. The van der Waals surface area contributed by atoms with Gasteiger partial charge < -0.3 is 5.73 Å². The molecule has 0 amide bonds. The zero-order valence-electron chi connectivity index (χ0n) is 7.39. The highest BCUT2D eigenvalue weighted by Gasteiger charge is 2.18. The van der Waals surface area contributed by atoms with Crippen molar-refractivity contribution < 1.29 is 9.78 Å². The number of rotatable bonds is 2. The normalized spacial score (nSPS) is 13.8. The van der Waals surface area contributed by atoms with Gasteiger partial charge in [-0.25, -0.2) is 9.78 Å². The molecule has 62 valence electrons. The van der Waals surface area contributed by atoms with Gasteiger partial charge in [0.25, 0.3) is 0 Å². The largest absolute Gasteiger partial charge is 0.301 e. The number of nitrogens with two attached hydrogens (primary N) is 1. The highest BCUT2D eigenvalue weighted by Crippen LogP contribution is 2.11. The summed E-state index contributed by atoms with van der Waals surface area (Å²) in [6.45, 7) is 9.17. The lowest BCUT2D eigenvalue weighted by Gasteiger charge is -2.24. The van der Waals surface area contributed by atoms with Crippen LogP contribution in [-0.2, 0) is 9.78 Å². The highest BCUT2D eigenvalue weighted by atomic mass is 17.2. The van der Waals surface area contributed by atoms with Gasteiger partial charge in [0.05, 0.1) is 5.60 Å². The van der Waals surface area contributed by atoms with E-state index in [9.17, 15) is 0 Å². The molecule has 0 bridgehead atoms. The topological polar surface area (TPSA) is 44.5 Å². The van der Waals surface area contributed by atoms with Gasteiger partial charge in [-0.3, -0.25) is 0 Å². The first-order valence-electron chi connectivity index (χ1n) is 3.36. The Labute approximate surface area is 62.4 Å². The third-order valence-electron chi connectivity index (χ3n) is 0.506. The Hall–Kier alpha value is -0.120. The van der Waals surface area contributed by atoms with Crippen molar-refractivity contribution in [3.05, 3.63) is 0 Å². The minimum absolute atomic E-state index is 0.295. The molecule has 0 aromatic rings. The van der Waals surface area contributed by atoms with Crippen molar-refractivity contribution in [2.45, 2.75) is 45.9 Å². The Balaban J connectivity index is 3.56. The molecule has 0 aromatic heterocycles. The summed E-state index contributed by atoms with van der Waals surface area (Å²) in [6.07, 6.45) is 0. The predicted molar refractivity (Wildman–Crippen MR) is 40.2 cm³/mol. The first-order chi connectivity index (χ1) is 4.21. The van der Waals surface area contributed by atoms with Crippen LogP contribution in [0.1, 0.15) is 34.6 Å². The quantitative estimate of drug-likeness (QED) is 0.365. The second kappa shape index (κ2) is 2.86. The average molecular weight is 147 g/mol. The molecule has 0 rings (SSSR count). The molecule has 10 heavy (non-hydrogen) atoms. The number of hydrogen-bond acceptors (Lipinski definition) is 3. The van der Waals surface area contributed by atoms with Gasteiger partial charge in [-0.1, -0.05) is 0 Å². The minimum atomic E-state index is -0.715. The second-order valence-corrected chi connectivity index (χ2v) is 3.88. The molecule has 0 aliphatic carbocycles. The third kappa shape index (κ3) is 7.88. The van der Waals surface area contributed by atoms with Gasteiger partial charge in [-0.05, 0) is 34.6 Å². The van der Waals surface area contributed by atoms with Gasteiger partial charge in [0.2, 0.25) is 0 Å². The lowest BCUT2D eigenvalue weighted by molar-refractivity contribution is -0.396. The first kappa shape index (κ1) is 9.88. The van der Waals surface area contributed by atoms with Crippen molar-refractivity contribution in [1.82, 2.24) is 0 Å². The van der Waals surface area contributed by atoms with Gasteiger partial charge in [0, 0.05) is 0 Å². The van der Waals surface area contributed by atoms with Crippen LogP contribution in [0.2, 0.25) is 0 Å². The van der Waals surface area contributed by atoms with Crippen LogP contribution in [-0.4, -0.2) is 11.3 Å². The van der Waals surface area contributed by atoms with Crippen LogP contribution in [0.15, 0.2) is 0 Å². The smallest absolute Gasteiger partial charge is 0.146 e. The van der Waals surface area contributed by atoms with E-state index in [1.54, 1.807) is 13.8 Å². The van der Waals surface area contributed by atoms with E-state index in [1.165, 1.54) is 0 Å². The fourth-order valence-electron chi connectivity index (χ4n) is 0.232. The molecule has 0 spiro atoms. The summed E-state index contributed by atoms with van der Waals surface area (Å²) in [4.78, 5) is 9.84. The van der Waals surface area contributed by atoms with Crippen LogP contribution in [0.4, 0.5) is 0 Å². The SMILES string of the molecule is CC(C)(C)OOC(C)(C)N. The maximum atomic E-state index is 5.50. The third-order valence-corrected chi connectivity index (χ3v) is 0.506. The van der Waals surface area contributed by atoms with Crippen LogP contribution in [0.5, 0.6) is 0 Å². The standard InChI is InChI=1S/C7H17NO2/c1-6(2,3)9-10-7(4,5)8/h8H2,1-5H3. The summed E-state index contributed by atoms with van der Waals surface area (Å²) in [6, 6.07) is 0. The summed E-state index contributed by atoms with van der Waals surface area (Å²) < 4.78 is 0. The zero-order chi connectivity index (χ0) is 8.41. The molecule has 0 aromatic carbocycles. The summed E-state index contributed by atoms with van der Waals surface area (Å²) in [7, 11) is 0. The average Bonchev–Trinajstić information content (AvgIpc) is 1.57. The second-order valence-electron chi connectivity index (χ2n) is 3.88. The Morgan fingerprint density at radius 3 is 1.40 bits per heavy atom. The maximum absolute atomic E-state index is 5.50. The van der Waals surface area contributed by atoms with E-state index in [2.05, 4.69) is 0 Å². The van der Waals surface area contributed by atoms with E-state index in [0.29, 0.717) is 0 Å². The van der Waals surface area contributed by atoms with E-state index in [4.69, 9.17) is 15.5 Å². The molecular formula is C7H17NO2. The molecular weight excluding hydrogens is 130 g/mol. The summed E-state index contributed by atoms with van der Waals surface area (Å²) >= 11 is 0. The fourth-order valence-corrected chi connectivity index (χ4v) is 0.232. The van der Waals surface area contributed by atoms with E-state index in [-0.39, 0.29) is 5.60 Å². The molecule has 0 heterocycles. The van der Waals surface area contributed by atoms with Crippen LogP contribution < -0.4 is 5.73 Å². The van der Waals surface area contributed by atoms with Gasteiger partial charge in [0.1, 0.15) is 5.72 Å². The van der Waals surface area contributed by atoms with Crippen LogP contribution in [0, 0.1) is 0 Å². The van der Waals surface area contributed by atoms with Crippen LogP contribution in [0.25, 0.3) is 0 Å². The molecule has 3 nitrogen and oxygen atoms in total. The van der Waals surface area contributed by atoms with Gasteiger partial charge >= 0.3 is 0 Å². The molecule has 3 heteroatoms. The van der Waals surface area contributed by atoms with Gasteiger partial charge in [0.15, 0.2) is 0 Å². The summed E-state index contributed by atoms with van der Waals surface area (Å²) in [5.74, 6) is 0. The van der Waals surface area contributed by atoms with Gasteiger partial charge in [-0.15, -0.1) is 0 Å². The summed E-state index contributed by atoms with van der Waals surface area (Å²) in [5, 5.41) is 0. The van der Waals surface area contributed by atoms with E-state index < -0.39 is 5.72 Å². The van der Waals surface area contributed by atoms with Crippen molar-refractivity contribution in [3.63, 3.8) is 0 Å². The number of hydrogen-bond donors (Lipinski definition) is 1. The van der Waals surface area contributed by atoms with Crippen molar-refractivity contribution in [1.29, 1.82) is 0 Å². The fraction of sp³-hybridized carbons (Fsp3) is 1.00. The lowest BCUT2D eigenvalue weighted by atomic mass is 10.2. The Bertz CT molecular complexity index is 85.2. The summed E-state index contributed by atoms with van der Waals surface area (Å²) in [5.41, 5.74) is 4.49. The van der Waals surface area contributed by atoms with E-state index in [0.717, 1.165) is 0 Å². The first-order valence-corrected chi connectivity index (χ1v) is 3.36.